The number of aryl methyl sites for hydroxylation is 1. The number of hydrogen-bond donors (Lipinski definition) is 1. The van der Waals surface area contributed by atoms with E-state index in [0.717, 1.165) is 0 Å². The Hall–Kier alpha value is -2.32. The van der Waals surface area contributed by atoms with Crippen molar-refractivity contribution in [1.82, 2.24) is 14.9 Å². The average molecular weight is 335 g/mol. The first-order valence-electron chi connectivity index (χ1n) is 6.88. The summed E-state index contributed by atoms with van der Waals surface area (Å²) in [4.78, 5) is 3.55. The van der Waals surface area contributed by atoms with Gasteiger partial charge in [0.25, 0.3) is 0 Å². The number of aromatic nitrogens is 2. The lowest BCUT2D eigenvalue weighted by Gasteiger charge is -2.12. The predicted octanol–water partition coefficient (Wildman–Crippen LogP) is 2.71. The molecule has 0 radical (unpaired) electrons. The Morgan fingerprint density at radius 2 is 1.96 bits per heavy atom. The minimum Gasteiger partial charge on any atom is -0.338 e. The number of benzene rings is 2. The van der Waals surface area contributed by atoms with Gasteiger partial charge in [0.15, 0.2) is 11.6 Å². The van der Waals surface area contributed by atoms with Crippen LogP contribution < -0.4 is 4.72 Å². The van der Waals surface area contributed by atoms with Crippen LogP contribution in [0.4, 0.5) is 4.39 Å². The van der Waals surface area contributed by atoms with Crippen LogP contribution in [0.1, 0.15) is 24.7 Å². The van der Waals surface area contributed by atoms with Crippen LogP contribution in [0.15, 0.2) is 45.8 Å². The first-order chi connectivity index (χ1) is 10.9. The summed E-state index contributed by atoms with van der Waals surface area (Å²) in [6, 6.07) is 8.70. The lowest BCUT2D eigenvalue weighted by atomic mass is 10.1. The van der Waals surface area contributed by atoms with Crippen LogP contribution in [-0.2, 0) is 10.0 Å². The Labute approximate surface area is 132 Å². The van der Waals surface area contributed by atoms with Crippen LogP contribution in [0, 0.1) is 12.7 Å². The first kappa shape index (κ1) is 15.6. The minimum atomic E-state index is -4.07. The van der Waals surface area contributed by atoms with Crippen molar-refractivity contribution in [3.8, 4) is 0 Å². The number of nitrogens with zero attached hydrogens (tertiary/aromatic N) is 2. The average Bonchev–Trinajstić information content (AvgIpc) is 2.94. The van der Waals surface area contributed by atoms with Gasteiger partial charge in [0.1, 0.15) is 4.90 Å². The Morgan fingerprint density at radius 1 is 1.22 bits per heavy atom. The highest BCUT2D eigenvalue weighted by molar-refractivity contribution is 7.89. The minimum absolute atomic E-state index is 0.118. The van der Waals surface area contributed by atoms with E-state index in [9.17, 15) is 12.8 Å². The van der Waals surface area contributed by atoms with E-state index >= 15 is 0 Å². The molecule has 0 saturated carbocycles. The van der Waals surface area contributed by atoms with Gasteiger partial charge in [0.05, 0.1) is 6.04 Å². The maximum atomic E-state index is 14.6. The van der Waals surface area contributed by atoms with E-state index in [2.05, 4.69) is 14.9 Å². The molecular formula is C15H14FN3O3S. The highest BCUT2D eigenvalue weighted by Gasteiger charge is 2.25. The van der Waals surface area contributed by atoms with Crippen LogP contribution in [-0.4, -0.2) is 18.6 Å². The van der Waals surface area contributed by atoms with Gasteiger partial charge in [-0.25, -0.2) is 12.8 Å². The molecule has 0 spiro atoms. The maximum Gasteiger partial charge on any atom is 0.244 e. The van der Waals surface area contributed by atoms with Crippen molar-refractivity contribution in [3.63, 3.8) is 0 Å². The number of fused-ring (bicyclic) bond motifs is 1. The summed E-state index contributed by atoms with van der Waals surface area (Å²) in [6.45, 7) is 3.17. The third-order valence-electron chi connectivity index (χ3n) is 3.36. The van der Waals surface area contributed by atoms with Crippen molar-refractivity contribution in [2.75, 3.05) is 0 Å². The molecule has 0 saturated heterocycles. The standard InChI is InChI=1S/C15H14FN3O3S/c1-9(15-17-10(2)18-22-15)19-23(20,21)13-8-7-11-5-3-4-6-12(11)14(13)16/h3-9,19H,1-2H3. The van der Waals surface area contributed by atoms with Crippen molar-refractivity contribution < 1.29 is 17.3 Å². The predicted molar refractivity (Wildman–Crippen MR) is 81.7 cm³/mol. The molecular weight excluding hydrogens is 321 g/mol. The van der Waals surface area contributed by atoms with Gasteiger partial charge in [0, 0.05) is 5.39 Å². The highest BCUT2D eigenvalue weighted by Crippen LogP contribution is 2.25. The molecule has 0 bridgehead atoms. The lowest BCUT2D eigenvalue weighted by molar-refractivity contribution is 0.350. The van der Waals surface area contributed by atoms with E-state index in [1.54, 1.807) is 38.1 Å². The Balaban J connectivity index is 1.98. The Kier molecular flexibility index (Phi) is 3.87. The van der Waals surface area contributed by atoms with Crippen LogP contribution in [0.3, 0.4) is 0 Å². The molecule has 3 rings (SSSR count). The number of nitrogens with one attached hydrogen (secondary N) is 1. The molecule has 6 nitrogen and oxygen atoms in total. The number of rotatable bonds is 4. The fourth-order valence-corrected chi connectivity index (χ4v) is 3.54. The molecule has 0 aliphatic carbocycles. The number of halogens is 1. The van der Waals surface area contributed by atoms with E-state index in [-0.39, 0.29) is 11.3 Å². The molecule has 2 aromatic carbocycles. The van der Waals surface area contributed by atoms with E-state index in [0.29, 0.717) is 11.2 Å². The zero-order valence-corrected chi connectivity index (χ0v) is 13.3. The summed E-state index contributed by atoms with van der Waals surface area (Å²) < 4.78 is 46.7. The number of hydrogen-bond acceptors (Lipinski definition) is 5. The van der Waals surface area contributed by atoms with Crippen LogP contribution in [0.2, 0.25) is 0 Å². The van der Waals surface area contributed by atoms with Gasteiger partial charge in [-0.15, -0.1) is 0 Å². The first-order valence-corrected chi connectivity index (χ1v) is 8.36. The summed E-state index contributed by atoms with van der Waals surface area (Å²) >= 11 is 0. The van der Waals surface area contributed by atoms with Crippen molar-refractivity contribution in [1.29, 1.82) is 0 Å². The van der Waals surface area contributed by atoms with Crippen LogP contribution in [0.5, 0.6) is 0 Å². The topological polar surface area (TPSA) is 85.1 Å². The molecule has 120 valence electrons. The molecule has 1 N–H and O–H groups in total. The fraction of sp³-hybridized carbons (Fsp3) is 0.200. The fourth-order valence-electron chi connectivity index (χ4n) is 2.26. The Morgan fingerprint density at radius 3 is 2.65 bits per heavy atom. The second-order valence-corrected chi connectivity index (χ2v) is 6.80. The molecule has 1 heterocycles. The van der Waals surface area contributed by atoms with Crippen molar-refractivity contribution in [2.45, 2.75) is 24.8 Å². The molecule has 3 aromatic rings. The smallest absolute Gasteiger partial charge is 0.244 e. The normalized spacial score (nSPS) is 13.3. The van der Waals surface area contributed by atoms with Gasteiger partial charge in [-0.1, -0.05) is 35.5 Å². The Bertz CT molecular complexity index is 969. The largest absolute Gasteiger partial charge is 0.338 e. The van der Waals surface area contributed by atoms with Crippen molar-refractivity contribution in [2.24, 2.45) is 0 Å². The summed E-state index contributed by atoms with van der Waals surface area (Å²) in [6.07, 6.45) is 0. The number of sulfonamides is 1. The quantitative estimate of drug-likeness (QED) is 0.792. The van der Waals surface area contributed by atoms with E-state index in [4.69, 9.17) is 4.52 Å². The zero-order valence-electron chi connectivity index (χ0n) is 12.4. The molecule has 1 unspecified atom stereocenters. The molecule has 1 atom stereocenters. The van der Waals surface area contributed by atoms with Crippen LogP contribution >= 0.6 is 0 Å². The van der Waals surface area contributed by atoms with Gasteiger partial charge >= 0.3 is 0 Å². The van der Waals surface area contributed by atoms with E-state index in [1.807, 2.05) is 0 Å². The van der Waals surface area contributed by atoms with Crippen molar-refractivity contribution in [3.05, 3.63) is 53.9 Å². The van der Waals surface area contributed by atoms with Crippen molar-refractivity contribution >= 4 is 20.8 Å². The molecule has 0 fully saturated rings. The third-order valence-corrected chi connectivity index (χ3v) is 4.92. The summed E-state index contributed by atoms with van der Waals surface area (Å²) in [5, 5.41) is 4.48. The van der Waals surface area contributed by atoms with Gasteiger partial charge in [0.2, 0.25) is 15.9 Å². The summed E-state index contributed by atoms with van der Waals surface area (Å²) in [5.41, 5.74) is 0. The molecule has 23 heavy (non-hydrogen) atoms. The van der Waals surface area contributed by atoms with Gasteiger partial charge in [-0.2, -0.15) is 9.71 Å². The lowest BCUT2D eigenvalue weighted by Crippen LogP contribution is -2.28. The molecule has 0 aliphatic heterocycles. The monoisotopic (exact) mass is 335 g/mol. The summed E-state index contributed by atoms with van der Waals surface area (Å²) in [5.74, 6) is -0.278. The SMILES string of the molecule is Cc1noc(C(C)NS(=O)(=O)c2ccc3ccccc3c2F)n1. The molecule has 8 heteroatoms. The molecule has 0 amide bonds. The van der Waals surface area contributed by atoms with Gasteiger partial charge in [-0.05, 0) is 25.3 Å². The third kappa shape index (κ3) is 2.95. The second-order valence-electron chi connectivity index (χ2n) is 5.12. The van der Waals surface area contributed by atoms with Gasteiger partial charge < -0.3 is 4.52 Å². The highest BCUT2D eigenvalue weighted by atomic mass is 32.2. The maximum absolute atomic E-state index is 14.6. The molecule has 1 aromatic heterocycles. The van der Waals surface area contributed by atoms with E-state index < -0.39 is 26.8 Å². The molecule has 0 aliphatic rings. The zero-order chi connectivity index (χ0) is 16.6. The van der Waals surface area contributed by atoms with Crippen LogP contribution in [0.25, 0.3) is 10.8 Å². The van der Waals surface area contributed by atoms with Gasteiger partial charge in [-0.3, -0.25) is 0 Å². The second kappa shape index (κ2) is 5.71. The van der Waals surface area contributed by atoms with E-state index in [1.165, 1.54) is 12.1 Å². The summed E-state index contributed by atoms with van der Waals surface area (Å²) in [7, 11) is -4.07.